The molecule has 0 radical (unpaired) electrons. The van der Waals surface area contributed by atoms with Crippen LogP contribution >= 0.6 is 0 Å². The zero-order valence-corrected chi connectivity index (χ0v) is 18.2. The third kappa shape index (κ3) is 5.28. The zero-order chi connectivity index (χ0) is 23.4. The molecule has 0 spiro atoms. The SMILES string of the molecule is C[C@H](NC(=O)c1ccco1)C(=O)N1CCN(C(c2ccc(F)cc2)c2ccc(F)cc2)CC1. The van der Waals surface area contributed by atoms with Crippen LogP contribution in [0.3, 0.4) is 0 Å². The van der Waals surface area contributed by atoms with Crippen LogP contribution in [0.1, 0.15) is 34.6 Å². The minimum Gasteiger partial charge on any atom is -0.459 e. The van der Waals surface area contributed by atoms with Crippen LogP contribution in [0.5, 0.6) is 0 Å². The molecule has 3 aromatic rings. The third-order valence-corrected chi connectivity index (χ3v) is 5.83. The number of hydrogen-bond donors (Lipinski definition) is 1. The fourth-order valence-corrected chi connectivity index (χ4v) is 4.12. The maximum absolute atomic E-state index is 13.5. The molecule has 1 aliphatic rings. The Hall–Kier alpha value is -3.52. The summed E-state index contributed by atoms with van der Waals surface area (Å²) >= 11 is 0. The Morgan fingerprint density at radius 1 is 0.879 bits per heavy atom. The van der Waals surface area contributed by atoms with Gasteiger partial charge in [0.1, 0.15) is 17.7 Å². The van der Waals surface area contributed by atoms with E-state index in [1.54, 1.807) is 42.2 Å². The van der Waals surface area contributed by atoms with Crippen molar-refractivity contribution in [2.75, 3.05) is 26.2 Å². The van der Waals surface area contributed by atoms with Gasteiger partial charge >= 0.3 is 0 Å². The Kier molecular flexibility index (Phi) is 6.84. The minimum atomic E-state index is -0.695. The molecule has 2 aromatic carbocycles. The first-order valence-corrected chi connectivity index (χ1v) is 10.8. The number of amides is 2. The average molecular weight is 453 g/mol. The van der Waals surface area contributed by atoms with E-state index in [-0.39, 0.29) is 29.3 Å². The van der Waals surface area contributed by atoms with Crippen molar-refractivity contribution in [2.24, 2.45) is 0 Å². The molecule has 1 fully saturated rings. The van der Waals surface area contributed by atoms with Crippen molar-refractivity contribution in [1.82, 2.24) is 15.1 Å². The first-order chi connectivity index (χ1) is 15.9. The Morgan fingerprint density at radius 3 is 1.91 bits per heavy atom. The number of rotatable bonds is 6. The molecule has 0 aliphatic carbocycles. The Labute approximate surface area is 190 Å². The number of nitrogens with one attached hydrogen (secondary N) is 1. The molecular formula is C25H25F2N3O3. The van der Waals surface area contributed by atoms with Crippen molar-refractivity contribution in [3.05, 3.63) is 95.4 Å². The van der Waals surface area contributed by atoms with Gasteiger partial charge in [0.05, 0.1) is 12.3 Å². The molecule has 1 saturated heterocycles. The van der Waals surface area contributed by atoms with Crippen LogP contribution in [-0.4, -0.2) is 53.8 Å². The highest BCUT2D eigenvalue weighted by atomic mass is 19.1. The smallest absolute Gasteiger partial charge is 0.287 e. The molecule has 1 aliphatic heterocycles. The van der Waals surface area contributed by atoms with Gasteiger partial charge < -0.3 is 14.6 Å². The second-order valence-electron chi connectivity index (χ2n) is 8.04. The number of hydrogen-bond acceptors (Lipinski definition) is 4. The molecule has 1 N–H and O–H groups in total. The van der Waals surface area contributed by atoms with Crippen LogP contribution in [0.2, 0.25) is 0 Å². The van der Waals surface area contributed by atoms with E-state index in [2.05, 4.69) is 10.2 Å². The predicted octanol–water partition coefficient (Wildman–Crippen LogP) is 3.61. The molecule has 33 heavy (non-hydrogen) atoms. The van der Waals surface area contributed by atoms with Crippen LogP contribution in [0.4, 0.5) is 8.78 Å². The lowest BCUT2D eigenvalue weighted by Crippen LogP contribution is -2.54. The predicted molar refractivity (Wildman–Crippen MR) is 118 cm³/mol. The van der Waals surface area contributed by atoms with Crippen molar-refractivity contribution in [3.63, 3.8) is 0 Å². The van der Waals surface area contributed by atoms with Gasteiger partial charge in [-0.25, -0.2) is 8.78 Å². The molecule has 0 bridgehead atoms. The summed E-state index contributed by atoms with van der Waals surface area (Å²) in [5, 5.41) is 2.67. The van der Waals surface area contributed by atoms with Gasteiger partial charge in [0.15, 0.2) is 5.76 Å². The van der Waals surface area contributed by atoms with Gasteiger partial charge in [-0.3, -0.25) is 14.5 Å². The van der Waals surface area contributed by atoms with Gasteiger partial charge in [-0.1, -0.05) is 24.3 Å². The van der Waals surface area contributed by atoms with Crippen LogP contribution in [0.15, 0.2) is 71.3 Å². The lowest BCUT2D eigenvalue weighted by molar-refractivity contribution is -0.134. The first kappa shape index (κ1) is 22.7. The molecule has 4 rings (SSSR count). The largest absolute Gasteiger partial charge is 0.459 e. The van der Waals surface area contributed by atoms with Crippen LogP contribution < -0.4 is 5.32 Å². The second kappa shape index (κ2) is 9.95. The summed E-state index contributed by atoms with van der Waals surface area (Å²) in [5.74, 6) is -1.10. The van der Waals surface area contributed by atoms with Gasteiger partial charge in [0.2, 0.25) is 5.91 Å². The maximum Gasteiger partial charge on any atom is 0.287 e. The summed E-state index contributed by atoms with van der Waals surface area (Å²) in [6, 6.07) is 14.8. The van der Waals surface area contributed by atoms with Crippen molar-refractivity contribution in [2.45, 2.75) is 19.0 Å². The summed E-state index contributed by atoms with van der Waals surface area (Å²) < 4.78 is 32.1. The quantitative estimate of drug-likeness (QED) is 0.619. The topological polar surface area (TPSA) is 65.8 Å². The summed E-state index contributed by atoms with van der Waals surface area (Å²) in [4.78, 5) is 29.0. The minimum absolute atomic E-state index is 0.154. The third-order valence-electron chi connectivity index (χ3n) is 5.83. The van der Waals surface area contributed by atoms with Crippen molar-refractivity contribution in [1.29, 1.82) is 0 Å². The van der Waals surface area contributed by atoms with Crippen LogP contribution in [-0.2, 0) is 4.79 Å². The number of carbonyl (C=O) groups is 2. The molecule has 0 unspecified atom stereocenters. The summed E-state index contributed by atoms with van der Waals surface area (Å²) in [6.07, 6.45) is 1.40. The van der Waals surface area contributed by atoms with E-state index in [1.807, 2.05) is 0 Å². The average Bonchev–Trinajstić information content (AvgIpc) is 3.37. The van der Waals surface area contributed by atoms with E-state index >= 15 is 0 Å². The van der Waals surface area contributed by atoms with E-state index in [1.165, 1.54) is 36.6 Å². The van der Waals surface area contributed by atoms with Gasteiger partial charge in [0, 0.05) is 26.2 Å². The maximum atomic E-state index is 13.5. The first-order valence-electron chi connectivity index (χ1n) is 10.8. The molecule has 2 amide bonds. The Bertz CT molecular complexity index is 1030. The molecule has 0 saturated carbocycles. The highest BCUT2D eigenvalue weighted by Crippen LogP contribution is 2.30. The van der Waals surface area contributed by atoms with Crippen molar-refractivity contribution >= 4 is 11.8 Å². The number of nitrogens with zero attached hydrogens (tertiary/aromatic N) is 2. The lowest BCUT2D eigenvalue weighted by atomic mass is 9.96. The van der Waals surface area contributed by atoms with Gasteiger partial charge in [-0.15, -0.1) is 0 Å². The number of benzene rings is 2. The lowest BCUT2D eigenvalue weighted by Gasteiger charge is -2.40. The van der Waals surface area contributed by atoms with E-state index < -0.39 is 11.9 Å². The van der Waals surface area contributed by atoms with Crippen molar-refractivity contribution in [3.8, 4) is 0 Å². The van der Waals surface area contributed by atoms with Crippen LogP contribution in [0, 0.1) is 11.6 Å². The monoisotopic (exact) mass is 453 g/mol. The van der Waals surface area contributed by atoms with Gasteiger partial charge in [-0.05, 0) is 54.4 Å². The van der Waals surface area contributed by atoms with Crippen molar-refractivity contribution < 1.29 is 22.8 Å². The van der Waals surface area contributed by atoms with E-state index in [4.69, 9.17) is 4.42 Å². The fraction of sp³-hybridized carbons (Fsp3) is 0.280. The number of carbonyl (C=O) groups excluding carboxylic acids is 2. The fourth-order valence-electron chi connectivity index (χ4n) is 4.12. The summed E-state index contributed by atoms with van der Waals surface area (Å²) in [5.41, 5.74) is 1.78. The Morgan fingerprint density at radius 2 is 1.42 bits per heavy atom. The summed E-state index contributed by atoms with van der Waals surface area (Å²) in [6.45, 7) is 3.74. The van der Waals surface area contributed by atoms with E-state index in [0.717, 1.165) is 11.1 Å². The molecular weight excluding hydrogens is 428 g/mol. The number of furan rings is 1. The molecule has 6 nitrogen and oxygen atoms in total. The standard InChI is InChI=1S/C25H25F2N3O3/c1-17(28-24(31)22-3-2-16-33-22)25(32)30-14-12-29(13-15-30)23(18-4-8-20(26)9-5-18)19-6-10-21(27)11-7-19/h2-11,16-17,23H,12-15H2,1H3,(H,28,31)/t17-/m0/s1. The van der Waals surface area contributed by atoms with E-state index in [0.29, 0.717) is 26.2 Å². The highest BCUT2D eigenvalue weighted by molar-refractivity contribution is 5.95. The molecule has 1 aromatic heterocycles. The van der Waals surface area contributed by atoms with Gasteiger partial charge in [-0.2, -0.15) is 0 Å². The van der Waals surface area contributed by atoms with E-state index in [9.17, 15) is 18.4 Å². The normalized spacial score (nSPS) is 15.5. The second-order valence-corrected chi connectivity index (χ2v) is 8.04. The number of piperazine rings is 1. The van der Waals surface area contributed by atoms with Gasteiger partial charge in [0.25, 0.3) is 5.91 Å². The highest BCUT2D eigenvalue weighted by Gasteiger charge is 2.30. The molecule has 1 atom stereocenters. The molecule has 2 heterocycles. The Balaban J connectivity index is 1.43. The molecule has 8 heteroatoms. The number of halogens is 2. The zero-order valence-electron chi connectivity index (χ0n) is 18.2. The summed E-state index contributed by atoms with van der Waals surface area (Å²) in [7, 11) is 0. The molecule has 172 valence electrons. The van der Waals surface area contributed by atoms with Crippen LogP contribution in [0.25, 0.3) is 0 Å².